The zero-order valence-electron chi connectivity index (χ0n) is 23.1. The molecule has 2 aliphatic rings. The number of methoxy groups -OCH3 is 2. The molecule has 5 rings (SSSR count). The lowest BCUT2D eigenvalue weighted by Crippen LogP contribution is -2.42. The van der Waals surface area contributed by atoms with Crippen LogP contribution in [0.2, 0.25) is 0 Å². The number of hydrogen-bond donors (Lipinski definition) is 1. The van der Waals surface area contributed by atoms with Gasteiger partial charge in [-0.1, -0.05) is 67.3 Å². The number of nitriles is 1. The summed E-state index contributed by atoms with van der Waals surface area (Å²) in [7, 11) is 3.10. The highest BCUT2D eigenvalue weighted by Gasteiger charge is 2.46. The number of anilines is 1. The molecule has 3 aromatic rings. The molecule has 11 heteroatoms. The summed E-state index contributed by atoms with van der Waals surface area (Å²) in [5.74, 6) is 0.655. The zero-order chi connectivity index (χ0) is 29.3. The molecule has 9 nitrogen and oxygen atoms in total. The summed E-state index contributed by atoms with van der Waals surface area (Å²) in [6.07, 6.45) is 0.852. The van der Waals surface area contributed by atoms with Crippen molar-refractivity contribution in [3.8, 4) is 17.6 Å². The van der Waals surface area contributed by atoms with E-state index in [1.807, 2.05) is 32.0 Å². The van der Waals surface area contributed by atoms with Crippen molar-refractivity contribution >= 4 is 39.8 Å². The molecule has 2 heterocycles. The molecular weight excluding hydrogens is 558 g/mol. The number of carbonyl (C=O) groups excluding carboxylic acids is 2. The second kappa shape index (κ2) is 11.4. The van der Waals surface area contributed by atoms with Crippen molar-refractivity contribution in [2.24, 2.45) is 11.1 Å². The van der Waals surface area contributed by atoms with Crippen molar-refractivity contribution < 1.29 is 19.1 Å². The summed E-state index contributed by atoms with van der Waals surface area (Å²) >= 11 is 2.55. The van der Waals surface area contributed by atoms with Gasteiger partial charge in [-0.15, -0.1) is 10.2 Å². The summed E-state index contributed by atoms with van der Waals surface area (Å²) < 4.78 is 11.7. The van der Waals surface area contributed by atoms with Crippen molar-refractivity contribution in [3.05, 3.63) is 82.3 Å². The maximum Gasteiger partial charge on any atom is 0.219 e. The maximum absolute atomic E-state index is 13.8. The quantitative estimate of drug-likeness (QED) is 0.267. The highest BCUT2D eigenvalue weighted by Crippen LogP contribution is 2.52. The van der Waals surface area contributed by atoms with Gasteiger partial charge in [0.05, 0.1) is 37.5 Å². The number of hydrogen-bond acceptors (Lipinski definition) is 11. The van der Waals surface area contributed by atoms with Crippen LogP contribution in [0, 0.1) is 16.7 Å². The molecule has 0 spiro atoms. The average Bonchev–Trinajstić information content (AvgIpc) is 3.43. The van der Waals surface area contributed by atoms with E-state index in [1.54, 1.807) is 49.5 Å². The number of carbonyl (C=O) groups is 2. The Balaban J connectivity index is 1.58. The minimum absolute atomic E-state index is 0.0174. The first-order valence-electron chi connectivity index (χ1n) is 12.9. The predicted octanol–water partition coefficient (Wildman–Crippen LogP) is 5.47. The molecule has 1 unspecified atom stereocenters. The Hall–Kier alpha value is -4.14. The third-order valence-corrected chi connectivity index (χ3v) is 9.18. The molecule has 0 bridgehead atoms. The van der Waals surface area contributed by atoms with Crippen molar-refractivity contribution in [3.63, 3.8) is 0 Å². The van der Waals surface area contributed by atoms with Gasteiger partial charge in [0.15, 0.2) is 15.9 Å². The van der Waals surface area contributed by atoms with Crippen molar-refractivity contribution in [2.45, 2.75) is 36.9 Å². The predicted molar refractivity (Wildman–Crippen MR) is 158 cm³/mol. The van der Waals surface area contributed by atoms with Crippen LogP contribution in [0.4, 0.5) is 5.13 Å². The topological polar surface area (TPSA) is 131 Å². The standard InChI is InChI=1S/C30H29N5O4S2/c1-30(2)13-21-26(22(36)14-30)25(19-12-18(38-3)10-11-24(19)39-4)20(15-31)27(32)35(21)28-33-34-29(41-28)40-16-23(37)17-8-6-5-7-9-17/h5-12,25H,13-14,16,32H2,1-4H3. The number of ether oxygens (including phenoxy) is 2. The van der Waals surface area contributed by atoms with E-state index in [2.05, 4.69) is 16.3 Å². The fourth-order valence-corrected chi connectivity index (χ4v) is 7.06. The lowest BCUT2D eigenvalue weighted by atomic mass is 9.68. The second-order valence-corrected chi connectivity index (χ2v) is 12.7. The van der Waals surface area contributed by atoms with Gasteiger partial charge in [0.2, 0.25) is 5.13 Å². The van der Waals surface area contributed by atoms with E-state index in [0.717, 1.165) is 0 Å². The van der Waals surface area contributed by atoms with Crippen molar-refractivity contribution in [1.29, 1.82) is 5.26 Å². The number of nitrogens with zero attached hydrogens (tertiary/aromatic N) is 4. The van der Waals surface area contributed by atoms with Crippen LogP contribution in [0.3, 0.4) is 0 Å². The molecule has 2 N–H and O–H groups in total. The van der Waals surface area contributed by atoms with Gasteiger partial charge in [-0.05, 0) is 30.0 Å². The Kier molecular flexibility index (Phi) is 7.89. The van der Waals surface area contributed by atoms with E-state index < -0.39 is 5.92 Å². The van der Waals surface area contributed by atoms with Gasteiger partial charge in [0.1, 0.15) is 17.3 Å². The van der Waals surface area contributed by atoms with Crippen LogP contribution < -0.4 is 20.1 Å². The van der Waals surface area contributed by atoms with Gasteiger partial charge >= 0.3 is 0 Å². The van der Waals surface area contributed by atoms with Gasteiger partial charge in [0.25, 0.3) is 0 Å². The third kappa shape index (κ3) is 5.45. The summed E-state index contributed by atoms with van der Waals surface area (Å²) in [6, 6.07) is 16.6. The van der Waals surface area contributed by atoms with Gasteiger partial charge in [-0.3, -0.25) is 14.5 Å². The minimum Gasteiger partial charge on any atom is -0.497 e. The minimum atomic E-state index is -0.731. The lowest BCUT2D eigenvalue weighted by Gasteiger charge is -2.42. The van der Waals surface area contributed by atoms with Gasteiger partial charge in [-0.2, -0.15) is 5.26 Å². The molecule has 0 radical (unpaired) electrons. The number of allylic oxidation sites excluding steroid dienone is 3. The summed E-state index contributed by atoms with van der Waals surface area (Å²) in [4.78, 5) is 28.2. The molecule has 1 aliphatic heterocycles. The summed E-state index contributed by atoms with van der Waals surface area (Å²) in [5, 5.41) is 19.5. The van der Waals surface area contributed by atoms with Crippen LogP contribution in [0.25, 0.3) is 0 Å². The third-order valence-electron chi connectivity index (χ3n) is 7.14. The smallest absolute Gasteiger partial charge is 0.219 e. The summed E-state index contributed by atoms with van der Waals surface area (Å²) in [6.45, 7) is 4.06. The normalized spacial score (nSPS) is 18.2. The SMILES string of the molecule is COc1ccc(OC)c(C2C(C#N)=C(N)N(c3nnc(SCC(=O)c4ccccc4)s3)C3=C2C(=O)CC(C)(C)C3)c1. The number of ketones is 2. The number of thioether (sulfide) groups is 1. The van der Waals surface area contributed by atoms with E-state index >= 15 is 0 Å². The highest BCUT2D eigenvalue weighted by atomic mass is 32.2. The zero-order valence-corrected chi connectivity index (χ0v) is 24.8. The summed E-state index contributed by atoms with van der Waals surface area (Å²) in [5.41, 5.74) is 9.05. The Morgan fingerprint density at radius 3 is 2.61 bits per heavy atom. The molecule has 0 saturated heterocycles. The van der Waals surface area contributed by atoms with Crippen molar-refractivity contribution in [2.75, 3.05) is 24.9 Å². The molecular formula is C30H29N5O4S2. The van der Waals surface area contributed by atoms with E-state index in [4.69, 9.17) is 15.2 Å². The van der Waals surface area contributed by atoms with E-state index in [9.17, 15) is 14.9 Å². The molecule has 41 heavy (non-hydrogen) atoms. The average molecular weight is 588 g/mol. The van der Waals surface area contributed by atoms with E-state index in [-0.39, 0.29) is 34.1 Å². The molecule has 0 fully saturated rings. The molecule has 1 aromatic heterocycles. The number of benzene rings is 2. The van der Waals surface area contributed by atoms with Crippen LogP contribution in [-0.4, -0.2) is 41.7 Å². The molecule has 1 aliphatic carbocycles. The van der Waals surface area contributed by atoms with Crippen LogP contribution in [-0.2, 0) is 4.79 Å². The highest BCUT2D eigenvalue weighted by molar-refractivity contribution is 8.01. The Labute approximate surface area is 246 Å². The Morgan fingerprint density at radius 2 is 1.93 bits per heavy atom. The first-order chi connectivity index (χ1) is 19.7. The first-order valence-corrected chi connectivity index (χ1v) is 14.7. The van der Waals surface area contributed by atoms with Crippen LogP contribution in [0.5, 0.6) is 11.5 Å². The van der Waals surface area contributed by atoms with Crippen LogP contribution >= 0.6 is 23.1 Å². The van der Waals surface area contributed by atoms with Crippen molar-refractivity contribution in [1.82, 2.24) is 10.2 Å². The monoisotopic (exact) mass is 587 g/mol. The van der Waals surface area contributed by atoms with Crippen LogP contribution in [0.15, 0.2) is 75.5 Å². The molecule has 0 amide bonds. The maximum atomic E-state index is 13.8. The molecule has 210 valence electrons. The Bertz CT molecular complexity index is 1620. The van der Waals surface area contributed by atoms with E-state index in [0.29, 0.717) is 56.2 Å². The van der Waals surface area contributed by atoms with E-state index in [1.165, 1.54) is 23.1 Å². The lowest BCUT2D eigenvalue weighted by molar-refractivity contribution is -0.118. The molecule has 2 aromatic carbocycles. The number of rotatable bonds is 8. The largest absolute Gasteiger partial charge is 0.497 e. The van der Waals surface area contributed by atoms with Gasteiger partial charge < -0.3 is 15.2 Å². The fraction of sp³-hybridized carbons (Fsp3) is 0.300. The molecule has 0 saturated carbocycles. The van der Waals surface area contributed by atoms with Gasteiger partial charge in [-0.25, -0.2) is 0 Å². The van der Waals surface area contributed by atoms with Gasteiger partial charge in [0, 0.05) is 28.8 Å². The number of nitrogens with two attached hydrogens (primary N) is 1. The Morgan fingerprint density at radius 1 is 1.17 bits per heavy atom. The van der Waals surface area contributed by atoms with Crippen LogP contribution in [0.1, 0.15) is 48.5 Å². The fourth-order valence-electron chi connectivity index (χ4n) is 5.29. The number of aromatic nitrogens is 2. The number of Topliss-reactive ketones (excluding diaryl/α,β-unsaturated/α-hetero) is 2. The second-order valence-electron chi connectivity index (χ2n) is 10.5. The first kappa shape index (κ1) is 28.4. The molecule has 1 atom stereocenters.